The Morgan fingerprint density at radius 3 is 2.40 bits per heavy atom. The smallest absolute Gasteiger partial charge is 0.481 e. The Labute approximate surface area is 117 Å². The van der Waals surface area contributed by atoms with Crippen molar-refractivity contribution in [1.29, 1.82) is 0 Å². The number of pyridine rings is 1. The number of hydrogen-bond acceptors (Lipinski definition) is 3. The highest BCUT2D eigenvalue weighted by molar-refractivity contribution is 9.08. The lowest BCUT2D eigenvalue weighted by Gasteiger charge is -2.15. The van der Waals surface area contributed by atoms with Gasteiger partial charge in [-0.15, -0.1) is 13.2 Å². The summed E-state index contributed by atoms with van der Waals surface area (Å²) in [5.41, 5.74) is -1.59. The molecule has 0 amide bonds. The second kappa shape index (κ2) is 6.33. The van der Waals surface area contributed by atoms with E-state index < -0.39 is 36.8 Å². The first-order valence-corrected chi connectivity index (χ1v) is 6.10. The van der Waals surface area contributed by atoms with Crippen LogP contribution in [0.3, 0.4) is 0 Å². The number of aromatic nitrogens is 1. The minimum Gasteiger partial charge on any atom is -0.481 e. The molecule has 0 bridgehead atoms. The summed E-state index contributed by atoms with van der Waals surface area (Å²) >= 11 is 2.86. The predicted molar refractivity (Wildman–Crippen MR) is 59.8 cm³/mol. The van der Waals surface area contributed by atoms with Crippen LogP contribution in [0.15, 0.2) is 6.07 Å². The van der Waals surface area contributed by atoms with Crippen LogP contribution in [-0.4, -0.2) is 22.4 Å². The van der Waals surface area contributed by atoms with Gasteiger partial charge in [0.2, 0.25) is 5.88 Å². The van der Waals surface area contributed by atoms with E-state index in [0.717, 1.165) is 6.07 Å². The van der Waals surface area contributed by atoms with Gasteiger partial charge in [-0.05, 0) is 11.6 Å². The molecule has 20 heavy (non-hydrogen) atoms. The molecule has 1 aromatic rings. The van der Waals surface area contributed by atoms with Crippen molar-refractivity contribution in [2.24, 2.45) is 0 Å². The van der Waals surface area contributed by atoms with Crippen LogP contribution < -0.4 is 4.74 Å². The molecule has 0 spiro atoms. The Morgan fingerprint density at radius 1 is 1.40 bits per heavy atom. The van der Waals surface area contributed by atoms with Gasteiger partial charge < -0.3 is 9.84 Å². The number of carbonyl (C=O) groups is 1. The number of hydrogen-bond donors (Lipinski definition) is 1. The molecular weight excluding hydrogens is 357 g/mol. The number of alkyl halides is 6. The fraction of sp³-hybridized carbons (Fsp3) is 0.400. The molecule has 0 saturated carbocycles. The topological polar surface area (TPSA) is 59.4 Å². The number of carboxylic acid groups (broad SMARTS) is 1. The first-order valence-electron chi connectivity index (χ1n) is 4.98. The molecule has 0 radical (unpaired) electrons. The molecule has 0 unspecified atom stereocenters. The van der Waals surface area contributed by atoms with Crippen LogP contribution in [0.25, 0.3) is 0 Å². The Balaban J connectivity index is 3.32. The van der Waals surface area contributed by atoms with Crippen LogP contribution in [0.4, 0.5) is 22.0 Å². The fourth-order valence-corrected chi connectivity index (χ4v) is 1.79. The van der Waals surface area contributed by atoms with Gasteiger partial charge in [-0.1, -0.05) is 15.9 Å². The minimum absolute atomic E-state index is 0.165. The predicted octanol–water partition coefficient (Wildman–Crippen LogP) is 3.44. The Hall–Kier alpha value is -1.45. The standard InChI is InChI=1S/C10H7BrF5NO3/c11-3-5-1-4(2-6(18)19)7(8(12)13)17-9(5)20-10(14,15)16/h1,8H,2-3H2,(H,18,19). The molecule has 1 heterocycles. The van der Waals surface area contributed by atoms with Crippen molar-refractivity contribution in [1.82, 2.24) is 4.98 Å². The third kappa shape index (κ3) is 4.58. The van der Waals surface area contributed by atoms with E-state index in [9.17, 15) is 26.7 Å². The van der Waals surface area contributed by atoms with Crippen LogP contribution in [0.5, 0.6) is 5.88 Å². The Bertz CT molecular complexity index is 506. The number of carboxylic acids is 1. The normalized spacial score (nSPS) is 11.8. The van der Waals surface area contributed by atoms with Gasteiger partial charge in [0.25, 0.3) is 6.43 Å². The quantitative estimate of drug-likeness (QED) is 0.643. The second-order valence-corrected chi connectivity index (χ2v) is 4.11. The Morgan fingerprint density at radius 2 is 2.00 bits per heavy atom. The van der Waals surface area contributed by atoms with E-state index in [-0.39, 0.29) is 16.5 Å². The van der Waals surface area contributed by atoms with Gasteiger partial charge in [-0.25, -0.2) is 13.8 Å². The van der Waals surface area contributed by atoms with E-state index in [4.69, 9.17) is 5.11 Å². The van der Waals surface area contributed by atoms with Crippen LogP contribution in [0.1, 0.15) is 23.2 Å². The van der Waals surface area contributed by atoms with Crippen molar-refractivity contribution in [3.63, 3.8) is 0 Å². The molecule has 0 aliphatic carbocycles. The van der Waals surface area contributed by atoms with Gasteiger partial charge in [-0.2, -0.15) is 0 Å². The molecule has 1 N–H and O–H groups in total. The van der Waals surface area contributed by atoms with Gasteiger partial charge >= 0.3 is 12.3 Å². The largest absolute Gasteiger partial charge is 0.574 e. The Kier molecular flexibility index (Phi) is 5.26. The number of rotatable bonds is 5. The van der Waals surface area contributed by atoms with E-state index in [1.807, 2.05) is 0 Å². The fourth-order valence-electron chi connectivity index (χ4n) is 1.39. The van der Waals surface area contributed by atoms with Gasteiger partial charge in [-0.3, -0.25) is 4.79 Å². The van der Waals surface area contributed by atoms with E-state index in [1.165, 1.54) is 0 Å². The highest BCUT2D eigenvalue weighted by Crippen LogP contribution is 2.31. The van der Waals surface area contributed by atoms with E-state index in [1.54, 1.807) is 0 Å². The monoisotopic (exact) mass is 363 g/mol. The van der Waals surface area contributed by atoms with E-state index in [2.05, 4.69) is 25.7 Å². The average molecular weight is 364 g/mol. The summed E-state index contributed by atoms with van der Waals surface area (Å²) in [7, 11) is 0. The average Bonchev–Trinajstić information content (AvgIpc) is 2.27. The highest BCUT2D eigenvalue weighted by atomic mass is 79.9. The lowest BCUT2D eigenvalue weighted by atomic mass is 10.1. The molecule has 112 valence electrons. The zero-order chi connectivity index (χ0) is 15.5. The molecule has 0 saturated heterocycles. The van der Waals surface area contributed by atoms with Gasteiger partial charge in [0, 0.05) is 10.9 Å². The van der Waals surface area contributed by atoms with Crippen molar-refractivity contribution in [2.45, 2.75) is 24.5 Å². The maximum absolute atomic E-state index is 12.7. The van der Waals surface area contributed by atoms with E-state index in [0.29, 0.717) is 0 Å². The molecule has 1 rings (SSSR count). The molecule has 4 nitrogen and oxygen atoms in total. The third-order valence-corrected chi connectivity index (χ3v) is 2.68. The number of aliphatic carboxylic acids is 1. The summed E-state index contributed by atoms with van der Waals surface area (Å²) in [5, 5.41) is 8.43. The van der Waals surface area contributed by atoms with Gasteiger partial charge in [0.05, 0.1) is 6.42 Å². The first kappa shape index (κ1) is 16.6. The van der Waals surface area contributed by atoms with Crippen molar-refractivity contribution < 1.29 is 36.6 Å². The third-order valence-electron chi connectivity index (χ3n) is 2.08. The van der Waals surface area contributed by atoms with E-state index >= 15 is 0 Å². The number of nitrogens with zero attached hydrogens (tertiary/aromatic N) is 1. The lowest BCUT2D eigenvalue weighted by molar-refractivity contribution is -0.276. The molecule has 0 aliphatic heterocycles. The first-order chi connectivity index (χ1) is 9.14. The maximum atomic E-state index is 12.7. The summed E-state index contributed by atoms with van der Waals surface area (Å²) in [6, 6.07) is 0.901. The molecule has 0 aromatic carbocycles. The maximum Gasteiger partial charge on any atom is 0.574 e. The molecular formula is C10H7BrF5NO3. The zero-order valence-corrected chi connectivity index (χ0v) is 11.1. The van der Waals surface area contributed by atoms with Crippen molar-refractivity contribution >= 4 is 21.9 Å². The lowest BCUT2D eigenvalue weighted by Crippen LogP contribution is -2.20. The van der Waals surface area contributed by atoms with Crippen molar-refractivity contribution in [3.05, 3.63) is 22.9 Å². The molecule has 0 aliphatic rings. The number of ether oxygens (including phenoxy) is 1. The summed E-state index contributed by atoms with van der Waals surface area (Å²) < 4.78 is 65.4. The van der Waals surface area contributed by atoms with Crippen molar-refractivity contribution in [3.8, 4) is 5.88 Å². The summed E-state index contributed by atoms with van der Waals surface area (Å²) in [6.07, 6.45) is -9.08. The van der Waals surface area contributed by atoms with Crippen molar-refractivity contribution in [2.75, 3.05) is 0 Å². The highest BCUT2D eigenvalue weighted by Gasteiger charge is 2.34. The molecule has 0 atom stereocenters. The van der Waals surface area contributed by atoms with Crippen LogP contribution in [-0.2, 0) is 16.5 Å². The van der Waals surface area contributed by atoms with Gasteiger partial charge in [0.1, 0.15) is 5.69 Å². The zero-order valence-electron chi connectivity index (χ0n) is 9.55. The SMILES string of the molecule is O=C(O)Cc1cc(CBr)c(OC(F)(F)F)nc1C(F)F. The minimum atomic E-state index is -5.09. The summed E-state index contributed by atoms with van der Waals surface area (Å²) in [4.78, 5) is 13.7. The molecule has 10 heteroatoms. The summed E-state index contributed by atoms with van der Waals surface area (Å²) in [6.45, 7) is 0. The second-order valence-electron chi connectivity index (χ2n) is 3.55. The van der Waals surface area contributed by atoms with Gasteiger partial charge in [0.15, 0.2) is 0 Å². The molecule has 0 fully saturated rings. The number of halogens is 6. The van der Waals surface area contributed by atoms with Crippen LogP contribution >= 0.6 is 15.9 Å². The summed E-state index contributed by atoms with van der Waals surface area (Å²) in [5.74, 6) is -2.43. The molecule has 1 aromatic heterocycles. The van der Waals surface area contributed by atoms with Crippen LogP contribution in [0.2, 0.25) is 0 Å². The van der Waals surface area contributed by atoms with Crippen LogP contribution in [0, 0.1) is 0 Å².